The molecule has 2 fully saturated rings. The molecule has 1 aromatic carbocycles. The Morgan fingerprint density at radius 2 is 1.54 bits per heavy atom. The van der Waals surface area contributed by atoms with E-state index in [0.29, 0.717) is 11.9 Å². The number of carboxylic acid groups (broad SMARTS) is 1. The van der Waals surface area contributed by atoms with E-state index in [1.54, 1.807) is 0 Å². The van der Waals surface area contributed by atoms with Gasteiger partial charge in [-0.1, -0.05) is 0 Å². The molecule has 4 rings (SSSR count). The molecular weight excluding hydrogens is 358 g/mol. The Labute approximate surface area is 163 Å². The molecule has 0 atom stereocenters. The molecule has 0 radical (unpaired) electrons. The van der Waals surface area contributed by atoms with E-state index in [9.17, 15) is 14.7 Å². The molecule has 0 amide bonds. The van der Waals surface area contributed by atoms with E-state index in [1.165, 1.54) is 6.20 Å². The van der Waals surface area contributed by atoms with Crippen LogP contribution >= 0.6 is 0 Å². The number of anilines is 2. The normalized spacial score (nSPS) is 17.9. The summed E-state index contributed by atoms with van der Waals surface area (Å²) in [6, 6.07) is 3.99. The number of aryl methyl sites for hydroxylation is 1. The third-order valence-corrected chi connectivity index (χ3v) is 5.66. The number of benzene rings is 1. The Morgan fingerprint density at radius 1 is 1.00 bits per heavy atom. The second-order valence-electron chi connectivity index (χ2n) is 7.30. The number of hydrogen-bond acceptors (Lipinski definition) is 6. The smallest absolute Gasteiger partial charge is 0.341 e. The summed E-state index contributed by atoms with van der Waals surface area (Å²) >= 11 is 0. The summed E-state index contributed by atoms with van der Waals surface area (Å²) in [5.41, 5.74) is 2.37. The first kappa shape index (κ1) is 18.8. The zero-order valence-electron chi connectivity index (χ0n) is 16.2. The van der Waals surface area contributed by atoms with Crippen molar-refractivity contribution < 1.29 is 9.90 Å². The van der Waals surface area contributed by atoms with Crippen molar-refractivity contribution in [2.75, 3.05) is 62.2 Å². The molecule has 0 bridgehead atoms. The number of fused-ring (bicyclic) bond motifs is 1. The van der Waals surface area contributed by atoms with Gasteiger partial charge in [0.1, 0.15) is 5.56 Å². The second-order valence-corrected chi connectivity index (χ2v) is 7.30. The van der Waals surface area contributed by atoms with Crippen LogP contribution in [0.2, 0.25) is 0 Å². The number of nitrogens with one attached hydrogen (secondary N) is 2. The maximum absolute atomic E-state index is 12.9. The maximum atomic E-state index is 12.9. The quantitative estimate of drug-likeness (QED) is 0.708. The SMILES string of the molecule is CCn1cc(C(=O)O)c(=O)c2cc(N3CCNCC3)c(N3CCNCC3)cc21. The van der Waals surface area contributed by atoms with Gasteiger partial charge in [-0.25, -0.2) is 4.79 Å². The van der Waals surface area contributed by atoms with E-state index in [1.807, 2.05) is 17.6 Å². The lowest BCUT2D eigenvalue weighted by Gasteiger charge is -2.37. The van der Waals surface area contributed by atoms with Crippen LogP contribution in [0.3, 0.4) is 0 Å². The summed E-state index contributed by atoms with van der Waals surface area (Å²) in [5.74, 6) is -1.18. The zero-order valence-corrected chi connectivity index (χ0v) is 16.2. The lowest BCUT2D eigenvalue weighted by atomic mass is 10.1. The predicted octanol–water partition coefficient (Wildman–Crippen LogP) is 0.539. The van der Waals surface area contributed by atoms with Gasteiger partial charge >= 0.3 is 5.97 Å². The van der Waals surface area contributed by atoms with Crippen LogP contribution in [0, 0.1) is 0 Å². The Balaban J connectivity index is 1.95. The molecule has 1 aromatic heterocycles. The summed E-state index contributed by atoms with van der Waals surface area (Å²) in [5, 5.41) is 16.7. The van der Waals surface area contributed by atoms with Crippen LogP contribution in [-0.2, 0) is 6.54 Å². The molecule has 150 valence electrons. The lowest BCUT2D eigenvalue weighted by Crippen LogP contribution is -2.46. The highest BCUT2D eigenvalue weighted by Gasteiger charge is 2.23. The van der Waals surface area contributed by atoms with Crippen molar-refractivity contribution in [2.45, 2.75) is 13.5 Å². The van der Waals surface area contributed by atoms with Gasteiger partial charge in [-0.2, -0.15) is 0 Å². The van der Waals surface area contributed by atoms with Crippen LogP contribution in [-0.4, -0.2) is 68.0 Å². The van der Waals surface area contributed by atoms with Gasteiger partial charge < -0.3 is 30.1 Å². The van der Waals surface area contributed by atoms with E-state index < -0.39 is 11.4 Å². The number of pyridine rings is 1. The standard InChI is InChI=1S/C20H27N5O3/c1-2-23-13-15(20(27)28)19(26)14-11-17(24-7-3-21-4-8-24)18(12-16(14)23)25-9-5-22-6-10-25/h11-13,21-22H,2-10H2,1H3,(H,27,28). The summed E-state index contributed by atoms with van der Waals surface area (Å²) in [6.45, 7) is 9.77. The largest absolute Gasteiger partial charge is 0.477 e. The summed E-state index contributed by atoms with van der Waals surface area (Å²) in [4.78, 5) is 29.2. The predicted molar refractivity (Wildman–Crippen MR) is 111 cm³/mol. The van der Waals surface area contributed by atoms with E-state index in [2.05, 4.69) is 26.5 Å². The number of piperazine rings is 2. The number of rotatable bonds is 4. The Kier molecular flexibility index (Phi) is 5.23. The van der Waals surface area contributed by atoms with Gasteiger partial charge in [-0.15, -0.1) is 0 Å². The molecule has 0 saturated carbocycles. The van der Waals surface area contributed by atoms with Crippen LogP contribution in [0.4, 0.5) is 11.4 Å². The van der Waals surface area contributed by atoms with E-state index >= 15 is 0 Å². The average molecular weight is 385 g/mol. The lowest BCUT2D eigenvalue weighted by molar-refractivity contribution is 0.0695. The Hall–Kier alpha value is -2.58. The highest BCUT2D eigenvalue weighted by Crippen LogP contribution is 2.34. The van der Waals surface area contributed by atoms with Gasteiger partial charge in [0.15, 0.2) is 0 Å². The van der Waals surface area contributed by atoms with Crippen LogP contribution in [0.15, 0.2) is 23.1 Å². The van der Waals surface area contributed by atoms with Crippen molar-refractivity contribution in [3.05, 3.63) is 34.1 Å². The highest BCUT2D eigenvalue weighted by molar-refractivity contribution is 5.96. The van der Waals surface area contributed by atoms with Crippen molar-refractivity contribution in [3.63, 3.8) is 0 Å². The number of aromatic nitrogens is 1. The van der Waals surface area contributed by atoms with Gasteiger partial charge in [0.25, 0.3) is 0 Å². The molecule has 28 heavy (non-hydrogen) atoms. The van der Waals surface area contributed by atoms with Gasteiger partial charge in [-0.05, 0) is 19.1 Å². The Bertz CT molecular complexity index is 943. The highest BCUT2D eigenvalue weighted by atomic mass is 16.4. The topological polar surface area (TPSA) is 89.8 Å². The molecule has 0 aliphatic carbocycles. The molecule has 8 nitrogen and oxygen atoms in total. The fourth-order valence-corrected chi connectivity index (χ4v) is 4.15. The number of aromatic carboxylic acids is 1. The molecule has 2 aliphatic heterocycles. The van der Waals surface area contributed by atoms with Gasteiger partial charge in [0.2, 0.25) is 5.43 Å². The molecule has 3 N–H and O–H groups in total. The van der Waals surface area contributed by atoms with Crippen LogP contribution in [0.1, 0.15) is 17.3 Å². The molecule has 3 heterocycles. The zero-order chi connectivity index (χ0) is 19.7. The fraction of sp³-hybridized carbons (Fsp3) is 0.500. The van der Waals surface area contributed by atoms with Crippen molar-refractivity contribution in [1.82, 2.24) is 15.2 Å². The number of carbonyl (C=O) groups is 1. The summed E-state index contributed by atoms with van der Waals surface area (Å²) in [6.07, 6.45) is 1.47. The minimum absolute atomic E-state index is 0.171. The molecular formula is C20H27N5O3. The number of hydrogen-bond donors (Lipinski definition) is 3. The first-order valence-electron chi connectivity index (χ1n) is 9.96. The van der Waals surface area contributed by atoms with E-state index in [-0.39, 0.29) is 5.56 Å². The summed E-state index contributed by atoms with van der Waals surface area (Å²) < 4.78 is 1.87. The first-order chi connectivity index (χ1) is 13.6. The van der Waals surface area contributed by atoms with Crippen LogP contribution in [0.5, 0.6) is 0 Å². The summed E-state index contributed by atoms with van der Waals surface area (Å²) in [7, 11) is 0. The third kappa shape index (κ3) is 3.33. The molecule has 2 saturated heterocycles. The van der Waals surface area contributed by atoms with Gasteiger partial charge in [-0.3, -0.25) is 4.79 Å². The van der Waals surface area contributed by atoms with Crippen molar-refractivity contribution >= 4 is 28.2 Å². The third-order valence-electron chi connectivity index (χ3n) is 5.66. The molecule has 8 heteroatoms. The minimum Gasteiger partial charge on any atom is -0.477 e. The Morgan fingerprint density at radius 3 is 2.04 bits per heavy atom. The monoisotopic (exact) mass is 385 g/mol. The van der Waals surface area contributed by atoms with E-state index in [4.69, 9.17) is 0 Å². The van der Waals surface area contributed by atoms with Crippen LogP contribution < -0.4 is 25.9 Å². The first-order valence-corrected chi connectivity index (χ1v) is 9.96. The van der Waals surface area contributed by atoms with Crippen molar-refractivity contribution in [1.29, 1.82) is 0 Å². The average Bonchev–Trinajstić information content (AvgIpc) is 2.74. The molecule has 2 aliphatic rings. The fourth-order valence-electron chi connectivity index (χ4n) is 4.15. The van der Waals surface area contributed by atoms with Crippen LogP contribution in [0.25, 0.3) is 10.9 Å². The van der Waals surface area contributed by atoms with Crippen molar-refractivity contribution in [2.24, 2.45) is 0 Å². The minimum atomic E-state index is -1.18. The molecule has 0 spiro atoms. The molecule has 0 unspecified atom stereocenters. The van der Waals surface area contributed by atoms with E-state index in [0.717, 1.165) is 69.2 Å². The number of nitrogens with zero attached hydrogens (tertiary/aromatic N) is 3. The van der Waals surface area contributed by atoms with Gasteiger partial charge in [0.05, 0.1) is 16.9 Å². The second kappa shape index (κ2) is 7.81. The number of carboxylic acids is 1. The molecule has 2 aromatic rings. The van der Waals surface area contributed by atoms with Gasteiger partial charge in [0, 0.05) is 70.5 Å². The van der Waals surface area contributed by atoms with Crippen molar-refractivity contribution in [3.8, 4) is 0 Å². The maximum Gasteiger partial charge on any atom is 0.341 e.